The highest BCUT2D eigenvalue weighted by atomic mass is 16.1. The molecule has 158 valence electrons. The lowest BCUT2D eigenvalue weighted by Gasteiger charge is -2.32. The van der Waals surface area contributed by atoms with Crippen LogP contribution in [0.3, 0.4) is 0 Å². The zero-order valence-electron chi connectivity index (χ0n) is 18.1. The van der Waals surface area contributed by atoms with Gasteiger partial charge in [0.2, 0.25) is 5.91 Å². The number of nitrogens with zero attached hydrogens (tertiary/aromatic N) is 5. The number of carbonyl (C=O) groups excluding carboxylic acids is 1. The molecule has 7 heteroatoms. The van der Waals surface area contributed by atoms with Gasteiger partial charge in [0.15, 0.2) is 5.82 Å². The minimum Gasteiger partial charge on any atom is -0.356 e. The summed E-state index contributed by atoms with van der Waals surface area (Å²) in [5.74, 6) is 1.08. The first-order valence-electron chi connectivity index (χ1n) is 10.9. The SMILES string of the molecule is CCCCNC(=O)C1CCN(c2nnc(C)c3c(C)n(-c4ccccc4)nc23)CC1. The number of rotatable bonds is 6. The van der Waals surface area contributed by atoms with Crippen LogP contribution in [-0.4, -0.2) is 45.5 Å². The van der Waals surface area contributed by atoms with Crippen LogP contribution in [0.15, 0.2) is 30.3 Å². The molecule has 0 bridgehead atoms. The van der Waals surface area contributed by atoms with Gasteiger partial charge in [-0.3, -0.25) is 4.79 Å². The van der Waals surface area contributed by atoms with Crippen LogP contribution in [0.4, 0.5) is 5.82 Å². The van der Waals surface area contributed by atoms with Gasteiger partial charge in [0.1, 0.15) is 5.52 Å². The van der Waals surface area contributed by atoms with Crippen molar-refractivity contribution in [3.8, 4) is 5.69 Å². The molecule has 0 spiro atoms. The van der Waals surface area contributed by atoms with Gasteiger partial charge in [-0.2, -0.15) is 10.2 Å². The number of benzene rings is 1. The molecule has 0 aliphatic carbocycles. The van der Waals surface area contributed by atoms with Gasteiger partial charge in [-0.25, -0.2) is 4.68 Å². The van der Waals surface area contributed by atoms with E-state index < -0.39 is 0 Å². The number of nitrogens with one attached hydrogen (secondary N) is 1. The average molecular weight is 407 g/mol. The van der Waals surface area contributed by atoms with E-state index in [-0.39, 0.29) is 11.8 Å². The Balaban J connectivity index is 1.57. The maximum absolute atomic E-state index is 12.4. The topological polar surface area (TPSA) is 75.9 Å². The van der Waals surface area contributed by atoms with E-state index in [2.05, 4.69) is 46.4 Å². The third kappa shape index (κ3) is 3.88. The molecule has 1 aromatic carbocycles. The molecule has 0 unspecified atom stereocenters. The third-order valence-corrected chi connectivity index (χ3v) is 5.98. The maximum Gasteiger partial charge on any atom is 0.223 e. The summed E-state index contributed by atoms with van der Waals surface area (Å²) in [7, 11) is 0. The standard InChI is InChI=1S/C23H30N6O/c1-4-5-13-24-23(30)18-11-14-28(15-12-18)22-21-20(16(2)25-26-22)17(3)29(27-21)19-9-7-6-8-10-19/h6-10,18H,4-5,11-15H2,1-3H3,(H,24,30). The van der Waals surface area contributed by atoms with Crippen molar-refractivity contribution in [2.75, 3.05) is 24.5 Å². The van der Waals surface area contributed by atoms with Crippen molar-refractivity contribution in [2.45, 2.75) is 46.5 Å². The van der Waals surface area contributed by atoms with Gasteiger partial charge in [-0.1, -0.05) is 31.5 Å². The molecule has 0 radical (unpaired) electrons. The van der Waals surface area contributed by atoms with Gasteiger partial charge >= 0.3 is 0 Å². The first-order valence-corrected chi connectivity index (χ1v) is 10.9. The number of fused-ring (bicyclic) bond motifs is 1. The third-order valence-electron chi connectivity index (χ3n) is 5.98. The Morgan fingerprint density at radius 2 is 1.87 bits per heavy atom. The van der Waals surface area contributed by atoms with Crippen molar-refractivity contribution in [3.05, 3.63) is 41.7 Å². The van der Waals surface area contributed by atoms with Crippen molar-refractivity contribution in [1.82, 2.24) is 25.3 Å². The largest absolute Gasteiger partial charge is 0.356 e. The summed E-state index contributed by atoms with van der Waals surface area (Å²) in [6, 6.07) is 10.1. The fraction of sp³-hybridized carbons (Fsp3) is 0.478. The molecule has 7 nitrogen and oxygen atoms in total. The number of aryl methyl sites for hydroxylation is 2. The van der Waals surface area contributed by atoms with Crippen LogP contribution in [0, 0.1) is 19.8 Å². The number of anilines is 1. The van der Waals surface area contributed by atoms with Crippen molar-refractivity contribution < 1.29 is 4.79 Å². The monoisotopic (exact) mass is 406 g/mol. The van der Waals surface area contributed by atoms with E-state index in [0.717, 1.165) is 79.1 Å². The van der Waals surface area contributed by atoms with Crippen molar-refractivity contribution in [3.63, 3.8) is 0 Å². The van der Waals surface area contributed by atoms with Crippen LogP contribution in [0.5, 0.6) is 0 Å². The number of carbonyl (C=O) groups is 1. The lowest BCUT2D eigenvalue weighted by atomic mass is 9.95. The van der Waals surface area contributed by atoms with Crippen LogP contribution in [0.2, 0.25) is 0 Å². The molecule has 1 N–H and O–H groups in total. The van der Waals surface area contributed by atoms with Gasteiger partial charge in [0, 0.05) is 25.6 Å². The van der Waals surface area contributed by atoms with Gasteiger partial charge in [0.25, 0.3) is 0 Å². The van der Waals surface area contributed by atoms with Gasteiger partial charge < -0.3 is 10.2 Å². The second kappa shape index (κ2) is 8.81. The van der Waals surface area contributed by atoms with Crippen LogP contribution in [0.1, 0.15) is 44.0 Å². The van der Waals surface area contributed by atoms with Crippen LogP contribution >= 0.6 is 0 Å². The molecule has 0 atom stereocenters. The van der Waals surface area contributed by atoms with Gasteiger partial charge in [-0.05, 0) is 45.2 Å². The summed E-state index contributed by atoms with van der Waals surface area (Å²) < 4.78 is 1.97. The van der Waals surface area contributed by atoms with E-state index in [1.807, 2.05) is 29.8 Å². The lowest BCUT2D eigenvalue weighted by molar-refractivity contribution is -0.125. The minimum atomic E-state index is 0.0793. The Hall–Kier alpha value is -2.96. The molecule has 2 aromatic heterocycles. The van der Waals surface area contributed by atoms with Crippen molar-refractivity contribution >= 4 is 22.6 Å². The number of para-hydroxylation sites is 1. The Bertz CT molecular complexity index is 1020. The van der Waals surface area contributed by atoms with E-state index in [1.54, 1.807) is 0 Å². The predicted octanol–water partition coefficient (Wildman–Crippen LogP) is 3.57. The maximum atomic E-state index is 12.4. The summed E-state index contributed by atoms with van der Waals surface area (Å²) in [6.07, 6.45) is 3.78. The average Bonchev–Trinajstić information content (AvgIpc) is 3.13. The zero-order valence-corrected chi connectivity index (χ0v) is 18.1. The van der Waals surface area contributed by atoms with Gasteiger partial charge in [-0.15, -0.1) is 5.10 Å². The highest BCUT2D eigenvalue weighted by Crippen LogP contribution is 2.31. The fourth-order valence-electron chi connectivity index (χ4n) is 4.23. The molecule has 1 aliphatic heterocycles. The van der Waals surface area contributed by atoms with Crippen molar-refractivity contribution in [1.29, 1.82) is 0 Å². The molecular formula is C23H30N6O. The number of unbranched alkanes of at least 4 members (excludes halogenated alkanes) is 1. The minimum absolute atomic E-state index is 0.0793. The summed E-state index contributed by atoms with van der Waals surface area (Å²) in [5.41, 5.74) is 3.86. The van der Waals surface area contributed by atoms with Crippen molar-refractivity contribution in [2.24, 2.45) is 5.92 Å². The highest BCUT2D eigenvalue weighted by molar-refractivity contribution is 5.92. The summed E-state index contributed by atoms with van der Waals surface area (Å²) in [5, 5.41) is 18.0. The number of hydrogen-bond acceptors (Lipinski definition) is 5. The second-order valence-corrected chi connectivity index (χ2v) is 8.07. The molecule has 1 aliphatic rings. The molecule has 4 rings (SSSR count). The normalized spacial score (nSPS) is 15.0. The van der Waals surface area contributed by atoms with E-state index in [9.17, 15) is 4.79 Å². The van der Waals surface area contributed by atoms with E-state index in [0.29, 0.717) is 0 Å². The molecule has 1 fully saturated rings. The second-order valence-electron chi connectivity index (χ2n) is 8.07. The predicted molar refractivity (Wildman–Crippen MR) is 119 cm³/mol. The first kappa shape index (κ1) is 20.3. The molecule has 1 amide bonds. The molecule has 1 saturated heterocycles. The Labute approximate surface area is 177 Å². The quantitative estimate of drug-likeness (QED) is 0.634. The summed E-state index contributed by atoms with van der Waals surface area (Å²) in [6.45, 7) is 8.54. The zero-order chi connectivity index (χ0) is 21.1. The number of hydrogen-bond donors (Lipinski definition) is 1. The van der Waals surface area contributed by atoms with E-state index in [1.165, 1.54) is 0 Å². The molecule has 3 aromatic rings. The number of piperidine rings is 1. The molecule has 0 saturated carbocycles. The highest BCUT2D eigenvalue weighted by Gasteiger charge is 2.28. The van der Waals surface area contributed by atoms with Crippen LogP contribution in [0.25, 0.3) is 16.6 Å². The van der Waals surface area contributed by atoms with E-state index in [4.69, 9.17) is 5.10 Å². The molecular weight excluding hydrogens is 376 g/mol. The van der Waals surface area contributed by atoms with Crippen LogP contribution in [-0.2, 0) is 4.79 Å². The smallest absolute Gasteiger partial charge is 0.223 e. The molecule has 30 heavy (non-hydrogen) atoms. The number of amides is 1. The Kier molecular flexibility index (Phi) is 5.97. The number of aromatic nitrogens is 4. The summed E-state index contributed by atoms with van der Waals surface area (Å²) in [4.78, 5) is 14.6. The molecule has 3 heterocycles. The Morgan fingerprint density at radius 3 is 2.57 bits per heavy atom. The Morgan fingerprint density at radius 1 is 1.13 bits per heavy atom. The van der Waals surface area contributed by atoms with Crippen LogP contribution < -0.4 is 10.2 Å². The van der Waals surface area contributed by atoms with E-state index >= 15 is 0 Å². The lowest BCUT2D eigenvalue weighted by Crippen LogP contribution is -2.41. The summed E-state index contributed by atoms with van der Waals surface area (Å²) >= 11 is 0. The fourth-order valence-corrected chi connectivity index (χ4v) is 4.23. The first-order chi connectivity index (χ1) is 14.6. The van der Waals surface area contributed by atoms with Gasteiger partial charge in [0.05, 0.1) is 22.5 Å².